The monoisotopic (exact) mass is 557 g/mol. The van der Waals surface area contributed by atoms with Gasteiger partial charge in [-0.1, -0.05) is 60.3 Å². The highest BCUT2D eigenvalue weighted by Gasteiger charge is 2.39. The number of benzene rings is 3. The van der Waals surface area contributed by atoms with Crippen molar-refractivity contribution < 1.29 is 19.1 Å². The first-order valence-corrected chi connectivity index (χ1v) is 12.6. The molecule has 10 heteroatoms. The van der Waals surface area contributed by atoms with Crippen molar-refractivity contribution in [2.75, 3.05) is 22.1 Å². The minimum Gasteiger partial charge on any atom is -0.491 e. The van der Waals surface area contributed by atoms with Gasteiger partial charge in [0.15, 0.2) is 0 Å². The summed E-state index contributed by atoms with van der Waals surface area (Å²) >= 11 is 18.3. The maximum atomic E-state index is 13.0. The van der Waals surface area contributed by atoms with Crippen LogP contribution in [0.25, 0.3) is 0 Å². The molecule has 0 saturated carbocycles. The van der Waals surface area contributed by atoms with Crippen molar-refractivity contribution in [3.05, 3.63) is 93.1 Å². The number of unbranched alkanes of at least 4 members (excludes halogenated alkanes) is 1. The predicted octanol–water partition coefficient (Wildman–Crippen LogP) is 6.86. The fraction of sp³-hybridized carbons (Fsp3) is 0.148. The van der Waals surface area contributed by atoms with Crippen LogP contribution in [0.2, 0.25) is 10.0 Å². The first-order valence-electron chi connectivity index (χ1n) is 11.4. The second-order valence-electron chi connectivity index (χ2n) is 8.09. The van der Waals surface area contributed by atoms with Crippen molar-refractivity contribution in [3.8, 4) is 5.75 Å². The summed E-state index contributed by atoms with van der Waals surface area (Å²) in [7, 11) is 0. The third kappa shape index (κ3) is 5.91. The minimum absolute atomic E-state index is 0.104. The molecule has 3 aromatic carbocycles. The van der Waals surface area contributed by atoms with Gasteiger partial charge >= 0.3 is 0 Å². The minimum atomic E-state index is -0.714. The van der Waals surface area contributed by atoms with Gasteiger partial charge in [0.1, 0.15) is 16.5 Å². The second kappa shape index (κ2) is 11.7. The summed E-state index contributed by atoms with van der Waals surface area (Å²) in [4.78, 5) is 39.4. The first kappa shape index (κ1) is 26.5. The van der Waals surface area contributed by atoms with Crippen LogP contribution in [0.15, 0.2) is 77.5 Å². The van der Waals surface area contributed by atoms with Gasteiger partial charge in [0.25, 0.3) is 17.7 Å². The fourth-order valence-electron chi connectivity index (χ4n) is 3.56. The van der Waals surface area contributed by atoms with Gasteiger partial charge in [-0.2, -0.15) is 0 Å². The van der Waals surface area contributed by atoms with Gasteiger partial charge in [-0.05, 0) is 61.0 Å². The van der Waals surface area contributed by atoms with Gasteiger partial charge in [0.2, 0.25) is 0 Å². The van der Waals surface area contributed by atoms with E-state index in [1.54, 1.807) is 36.4 Å². The standard InChI is InChI=1S/C27H22Cl3N3O4/c1-2-3-14-37-22-7-5-4-6-20(22)32-25(34)16-8-11-18(12-9-16)31-24-23(30)26(35)33(27(24)36)21-13-10-17(28)15-19(21)29/h4-13,15,31H,2-3,14H2,1H3,(H,32,34). The second-order valence-corrected chi connectivity index (χ2v) is 9.31. The van der Waals surface area contributed by atoms with Crippen LogP contribution in [-0.2, 0) is 9.59 Å². The summed E-state index contributed by atoms with van der Waals surface area (Å²) in [6.07, 6.45) is 1.92. The smallest absolute Gasteiger partial charge is 0.283 e. The number of carbonyl (C=O) groups excluding carboxylic acids is 3. The number of nitrogens with one attached hydrogen (secondary N) is 2. The maximum absolute atomic E-state index is 13.0. The van der Waals surface area contributed by atoms with E-state index in [2.05, 4.69) is 17.6 Å². The lowest BCUT2D eigenvalue weighted by molar-refractivity contribution is -0.120. The average molecular weight is 559 g/mol. The topological polar surface area (TPSA) is 87.7 Å². The van der Waals surface area contributed by atoms with E-state index in [1.807, 2.05) is 12.1 Å². The summed E-state index contributed by atoms with van der Waals surface area (Å²) in [5.41, 5.74) is 1.48. The number of nitrogens with zero attached hydrogens (tertiary/aromatic N) is 1. The normalized spacial score (nSPS) is 13.2. The summed E-state index contributed by atoms with van der Waals surface area (Å²) in [5, 5.41) is 5.94. The Labute approximate surface area is 229 Å². The van der Waals surface area contributed by atoms with E-state index >= 15 is 0 Å². The van der Waals surface area contributed by atoms with Crippen molar-refractivity contribution in [1.82, 2.24) is 0 Å². The van der Waals surface area contributed by atoms with Crippen LogP contribution < -0.4 is 20.3 Å². The highest BCUT2D eigenvalue weighted by atomic mass is 35.5. The lowest BCUT2D eigenvalue weighted by atomic mass is 10.1. The molecule has 1 aliphatic rings. The Balaban J connectivity index is 1.46. The molecule has 0 radical (unpaired) electrons. The van der Waals surface area contributed by atoms with Crippen LogP contribution in [0.5, 0.6) is 5.75 Å². The number of carbonyl (C=O) groups is 3. The number of anilines is 3. The van der Waals surface area contributed by atoms with Crippen molar-refractivity contribution in [2.24, 2.45) is 0 Å². The Kier molecular flexibility index (Phi) is 8.38. The molecule has 1 aliphatic heterocycles. The Bertz CT molecular complexity index is 1390. The number of rotatable bonds is 9. The molecule has 0 aromatic heterocycles. The van der Waals surface area contributed by atoms with E-state index in [4.69, 9.17) is 39.5 Å². The van der Waals surface area contributed by atoms with E-state index in [-0.39, 0.29) is 27.3 Å². The predicted molar refractivity (Wildman–Crippen MR) is 147 cm³/mol. The summed E-state index contributed by atoms with van der Waals surface area (Å²) < 4.78 is 5.77. The van der Waals surface area contributed by atoms with Gasteiger partial charge in [0.05, 0.1) is 23.0 Å². The zero-order valence-corrected chi connectivity index (χ0v) is 22.0. The maximum Gasteiger partial charge on any atom is 0.283 e. The van der Waals surface area contributed by atoms with Gasteiger partial charge < -0.3 is 15.4 Å². The fourth-order valence-corrected chi connectivity index (χ4v) is 4.26. The molecule has 3 amide bonds. The van der Waals surface area contributed by atoms with E-state index < -0.39 is 11.8 Å². The molecule has 0 atom stereocenters. The largest absolute Gasteiger partial charge is 0.491 e. The van der Waals surface area contributed by atoms with Crippen LogP contribution in [0.3, 0.4) is 0 Å². The average Bonchev–Trinajstić information content (AvgIpc) is 3.09. The molecule has 0 aliphatic carbocycles. The molecule has 0 fully saturated rings. The Hall–Kier alpha value is -3.52. The Morgan fingerprint density at radius 2 is 1.68 bits per heavy atom. The highest BCUT2D eigenvalue weighted by molar-refractivity contribution is 6.54. The molecular weight excluding hydrogens is 537 g/mol. The summed E-state index contributed by atoms with van der Waals surface area (Å²) in [6, 6.07) is 18.0. The van der Waals surface area contributed by atoms with Gasteiger partial charge in [-0.3, -0.25) is 14.4 Å². The van der Waals surface area contributed by atoms with Crippen LogP contribution in [-0.4, -0.2) is 24.3 Å². The zero-order valence-electron chi connectivity index (χ0n) is 19.7. The van der Waals surface area contributed by atoms with Gasteiger partial charge in [-0.15, -0.1) is 0 Å². The first-order chi connectivity index (χ1) is 17.8. The van der Waals surface area contributed by atoms with Crippen molar-refractivity contribution >= 4 is 69.6 Å². The molecule has 2 N–H and O–H groups in total. The molecule has 4 rings (SSSR count). The van der Waals surface area contributed by atoms with E-state index in [0.717, 1.165) is 17.7 Å². The number of hydrogen-bond acceptors (Lipinski definition) is 5. The number of hydrogen-bond donors (Lipinski definition) is 2. The third-order valence-electron chi connectivity index (χ3n) is 5.49. The SMILES string of the molecule is CCCCOc1ccccc1NC(=O)c1ccc(NC2=C(Cl)C(=O)N(c3ccc(Cl)cc3Cl)C2=O)cc1. The molecule has 0 bridgehead atoms. The molecule has 1 heterocycles. The van der Waals surface area contributed by atoms with E-state index in [9.17, 15) is 14.4 Å². The Morgan fingerprint density at radius 1 is 0.946 bits per heavy atom. The number of halogens is 3. The van der Waals surface area contributed by atoms with Gasteiger partial charge in [0, 0.05) is 16.3 Å². The molecule has 190 valence electrons. The van der Waals surface area contributed by atoms with Crippen LogP contribution >= 0.6 is 34.8 Å². The molecule has 0 saturated heterocycles. The lowest BCUT2D eigenvalue weighted by Crippen LogP contribution is -2.32. The van der Waals surface area contributed by atoms with E-state index in [0.29, 0.717) is 34.3 Å². The zero-order chi connectivity index (χ0) is 26.5. The molecule has 0 spiro atoms. The lowest BCUT2D eigenvalue weighted by Gasteiger charge is -2.16. The molecule has 0 unspecified atom stereocenters. The number of para-hydroxylation sites is 2. The molecule has 37 heavy (non-hydrogen) atoms. The van der Waals surface area contributed by atoms with Gasteiger partial charge in [-0.25, -0.2) is 4.90 Å². The van der Waals surface area contributed by atoms with Crippen molar-refractivity contribution in [1.29, 1.82) is 0 Å². The van der Waals surface area contributed by atoms with Crippen LogP contribution in [0.4, 0.5) is 17.1 Å². The number of amides is 3. The number of imide groups is 1. The van der Waals surface area contributed by atoms with Crippen molar-refractivity contribution in [3.63, 3.8) is 0 Å². The molecular formula is C27H22Cl3N3O4. The van der Waals surface area contributed by atoms with E-state index in [1.165, 1.54) is 18.2 Å². The quantitative estimate of drug-likeness (QED) is 0.221. The summed E-state index contributed by atoms with van der Waals surface area (Å²) in [5.74, 6) is -1.11. The molecule has 7 nitrogen and oxygen atoms in total. The summed E-state index contributed by atoms with van der Waals surface area (Å²) in [6.45, 7) is 2.64. The Morgan fingerprint density at radius 3 is 2.38 bits per heavy atom. The van der Waals surface area contributed by atoms with Crippen LogP contribution in [0, 0.1) is 0 Å². The highest BCUT2D eigenvalue weighted by Crippen LogP contribution is 2.35. The van der Waals surface area contributed by atoms with Crippen molar-refractivity contribution in [2.45, 2.75) is 19.8 Å². The number of ether oxygens (including phenoxy) is 1. The van der Waals surface area contributed by atoms with Crippen LogP contribution in [0.1, 0.15) is 30.1 Å². The molecule has 3 aromatic rings. The third-order valence-corrected chi connectivity index (χ3v) is 6.37.